The Morgan fingerprint density at radius 1 is 1.64 bits per heavy atom. The van der Waals surface area contributed by atoms with Crippen molar-refractivity contribution in [3.8, 4) is 0 Å². The van der Waals surface area contributed by atoms with E-state index in [2.05, 4.69) is 4.98 Å². The van der Waals surface area contributed by atoms with Crippen LogP contribution in [0.25, 0.3) is 6.08 Å². The normalized spacial score (nSPS) is 10.7. The minimum Gasteiger partial charge on any atom is -0.481 e. The van der Waals surface area contributed by atoms with Gasteiger partial charge in [0, 0.05) is 0 Å². The number of rotatable bonds is 3. The van der Waals surface area contributed by atoms with Gasteiger partial charge >= 0.3 is 5.97 Å². The van der Waals surface area contributed by atoms with Crippen molar-refractivity contribution in [3.63, 3.8) is 0 Å². The van der Waals surface area contributed by atoms with Crippen molar-refractivity contribution in [1.82, 2.24) is 4.98 Å². The monoisotopic (exact) mass is 195 g/mol. The Balaban J connectivity index is 2.73. The van der Waals surface area contributed by atoms with Gasteiger partial charge in [-0.1, -0.05) is 6.08 Å². The number of carboxylic acids is 1. The highest BCUT2D eigenvalue weighted by Crippen LogP contribution is 2.06. The molecule has 3 nitrogen and oxygen atoms in total. The van der Waals surface area contributed by atoms with Crippen molar-refractivity contribution in [2.75, 3.05) is 0 Å². The molecule has 14 heavy (non-hydrogen) atoms. The van der Waals surface area contributed by atoms with Crippen molar-refractivity contribution < 1.29 is 14.3 Å². The minimum atomic E-state index is -0.903. The lowest BCUT2D eigenvalue weighted by molar-refractivity contribution is -0.135. The van der Waals surface area contributed by atoms with Crippen molar-refractivity contribution in [1.29, 1.82) is 0 Å². The maximum atomic E-state index is 12.8. The molecule has 0 saturated carbocycles. The molecule has 0 aliphatic carbocycles. The van der Waals surface area contributed by atoms with E-state index < -0.39 is 5.97 Å². The highest BCUT2D eigenvalue weighted by Gasteiger charge is 1.97. The van der Waals surface area contributed by atoms with Gasteiger partial charge in [-0.05, 0) is 25.1 Å². The number of aliphatic carboxylic acids is 1. The fourth-order valence-corrected chi connectivity index (χ4v) is 0.937. The van der Waals surface area contributed by atoms with E-state index in [1.54, 1.807) is 13.0 Å². The van der Waals surface area contributed by atoms with Crippen molar-refractivity contribution in [3.05, 3.63) is 35.4 Å². The lowest BCUT2D eigenvalue weighted by atomic mass is 10.2. The number of carbonyl (C=O) groups is 1. The van der Waals surface area contributed by atoms with E-state index in [0.717, 1.165) is 0 Å². The Labute approximate surface area is 80.9 Å². The first-order valence-electron chi connectivity index (χ1n) is 4.11. The number of hydrogen-bond acceptors (Lipinski definition) is 2. The van der Waals surface area contributed by atoms with Crippen LogP contribution in [0.1, 0.15) is 17.8 Å². The Hall–Kier alpha value is -1.71. The lowest BCUT2D eigenvalue weighted by Crippen LogP contribution is -1.91. The molecule has 0 spiro atoms. The predicted octanol–water partition coefficient (Wildman–Crippen LogP) is 2.02. The topological polar surface area (TPSA) is 50.2 Å². The van der Waals surface area contributed by atoms with Crippen molar-refractivity contribution in [2.45, 2.75) is 13.3 Å². The van der Waals surface area contributed by atoms with E-state index in [-0.39, 0.29) is 12.2 Å². The minimum absolute atomic E-state index is 0.0574. The fraction of sp³-hybridized carbons (Fsp3) is 0.200. The van der Waals surface area contributed by atoms with Crippen LogP contribution >= 0.6 is 0 Å². The molecule has 0 atom stereocenters. The first-order chi connectivity index (χ1) is 6.59. The standard InChI is InChI=1S/C10H10FNO2/c1-7-9(11)6-5-8(12-7)3-2-4-10(13)14/h2-3,5-6H,4H2,1H3,(H,13,14). The molecule has 0 fully saturated rings. The van der Waals surface area contributed by atoms with Gasteiger partial charge in [-0.3, -0.25) is 9.78 Å². The van der Waals surface area contributed by atoms with Gasteiger partial charge in [-0.25, -0.2) is 4.39 Å². The molecular formula is C10H10FNO2. The van der Waals surface area contributed by atoms with E-state index in [1.807, 2.05) is 0 Å². The summed E-state index contributed by atoms with van der Waals surface area (Å²) in [7, 11) is 0. The molecule has 0 bridgehead atoms. The number of pyridine rings is 1. The van der Waals surface area contributed by atoms with Crippen LogP contribution in [0.2, 0.25) is 0 Å². The van der Waals surface area contributed by atoms with Gasteiger partial charge in [-0.15, -0.1) is 0 Å². The number of aryl methyl sites for hydroxylation is 1. The molecule has 1 rings (SSSR count). The highest BCUT2D eigenvalue weighted by molar-refractivity contribution is 5.70. The van der Waals surface area contributed by atoms with E-state index >= 15 is 0 Å². The molecule has 1 N–H and O–H groups in total. The molecule has 4 heteroatoms. The third kappa shape index (κ3) is 2.97. The van der Waals surface area contributed by atoms with Gasteiger partial charge < -0.3 is 5.11 Å². The molecule has 1 aromatic heterocycles. The molecule has 0 unspecified atom stereocenters. The third-order valence-electron chi connectivity index (χ3n) is 1.62. The summed E-state index contributed by atoms with van der Waals surface area (Å²) in [6, 6.07) is 2.81. The first-order valence-corrected chi connectivity index (χ1v) is 4.11. The quantitative estimate of drug-likeness (QED) is 0.802. The largest absolute Gasteiger partial charge is 0.481 e. The number of carboxylic acid groups (broad SMARTS) is 1. The average molecular weight is 195 g/mol. The Bertz CT molecular complexity index is 374. The maximum Gasteiger partial charge on any atom is 0.307 e. The molecular weight excluding hydrogens is 185 g/mol. The summed E-state index contributed by atoms with van der Waals surface area (Å²) < 4.78 is 12.8. The van der Waals surface area contributed by atoms with Crippen LogP contribution in [-0.2, 0) is 4.79 Å². The molecule has 74 valence electrons. The Kier molecular flexibility index (Phi) is 3.34. The molecule has 0 aliphatic heterocycles. The number of hydrogen-bond donors (Lipinski definition) is 1. The van der Waals surface area contributed by atoms with Crippen LogP contribution in [0.3, 0.4) is 0 Å². The zero-order valence-corrected chi connectivity index (χ0v) is 7.70. The summed E-state index contributed by atoms with van der Waals surface area (Å²) in [4.78, 5) is 14.1. The highest BCUT2D eigenvalue weighted by atomic mass is 19.1. The summed E-state index contributed by atoms with van der Waals surface area (Å²) in [5.41, 5.74) is 0.868. The zero-order valence-electron chi connectivity index (χ0n) is 7.70. The second-order valence-electron chi connectivity index (χ2n) is 2.80. The molecule has 0 radical (unpaired) electrons. The number of halogens is 1. The summed E-state index contributed by atoms with van der Waals surface area (Å²) >= 11 is 0. The Morgan fingerprint density at radius 3 is 2.93 bits per heavy atom. The van der Waals surface area contributed by atoms with Crippen LogP contribution in [0.5, 0.6) is 0 Å². The first kappa shape index (κ1) is 10.4. The molecule has 1 heterocycles. The van der Waals surface area contributed by atoms with Crippen molar-refractivity contribution in [2.24, 2.45) is 0 Å². The van der Waals surface area contributed by atoms with E-state index in [1.165, 1.54) is 18.2 Å². The zero-order chi connectivity index (χ0) is 10.6. The molecule has 0 amide bonds. The summed E-state index contributed by atoms with van der Waals surface area (Å²) in [6.45, 7) is 1.56. The third-order valence-corrected chi connectivity index (χ3v) is 1.62. The molecule has 0 aromatic carbocycles. The average Bonchev–Trinajstić information content (AvgIpc) is 2.10. The van der Waals surface area contributed by atoms with Crippen LogP contribution in [-0.4, -0.2) is 16.1 Å². The van der Waals surface area contributed by atoms with Crippen molar-refractivity contribution >= 4 is 12.0 Å². The van der Waals surface area contributed by atoms with Crippen LogP contribution in [0.15, 0.2) is 18.2 Å². The van der Waals surface area contributed by atoms with Crippen LogP contribution < -0.4 is 0 Å². The Morgan fingerprint density at radius 2 is 2.36 bits per heavy atom. The van der Waals surface area contributed by atoms with Gasteiger partial charge in [0.2, 0.25) is 0 Å². The van der Waals surface area contributed by atoms with Crippen LogP contribution in [0.4, 0.5) is 4.39 Å². The van der Waals surface area contributed by atoms with Gasteiger partial charge in [0.15, 0.2) is 0 Å². The summed E-state index contributed by atoms with van der Waals surface area (Å²) in [5.74, 6) is -1.26. The van der Waals surface area contributed by atoms with E-state index in [9.17, 15) is 9.18 Å². The van der Waals surface area contributed by atoms with Gasteiger partial charge in [0.25, 0.3) is 0 Å². The van der Waals surface area contributed by atoms with Crippen LogP contribution in [0, 0.1) is 12.7 Å². The second kappa shape index (κ2) is 4.50. The second-order valence-corrected chi connectivity index (χ2v) is 2.80. The van der Waals surface area contributed by atoms with Gasteiger partial charge in [0.05, 0.1) is 17.8 Å². The molecule has 0 aliphatic rings. The smallest absolute Gasteiger partial charge is 0.307 e. The van der Waals surface area contributed by atoms with E-state index in [4.69, 9.17) is 5.11 Å². The van der Waals surface area contributed by atoms with Gasteiger partial charge in [0.1, 0.15) is 5.82 Å². The fourth-order valence-electron chi connectivity index (χ4n) is 0.937. The maximum absolute atomic E-state index is 12.8. The predicted molar refractivity (Wildman–Crippen MR) is 50.2 cm³/mol. The van der Waals surface area contributed by atoms with E-state index in [0.29, 0.717) is 11.4 Å². The summed E-state index contributed by atoms with van der Waals surface area (Å²) in [6.07, 6.45) is 2.97. The summed E-state index contributed by atoms with van der Waals surface area (Å²) in [5, 5.41) is 8.36. The molecule has 0 saturated heterocycles. The number of aromatic nitrogens is 1. The lowest BCUT2D eigenvalue weighted by Gasteiger charge is -1.96. The SMILES string of the molecule is Cc1nc(C=CCC(=O)O)ccc1F. The molecule has 1 aromatic rings. The van der Waals surface area contributed by atoms with Gasteiger partial charge in [-0.2, -0.15) is 0 Å². The number of nitrogens with zero attached hydrogens (tertiary/aromatic N) is 1.